The van der Waals surface area contributed by atoms with Crippen molar-refractivity contribution in [3.63, 3.8) is 0 Å². The zero-order valence-corrected chi connectivity index (χ0v) is 21.3. The molecule has 2 aromatic rings. The van der Waals surface area contributed by atoms with Gasteiger partial charge in [-0.15, -0.1) is 0 Å². The van der Waals surface area contributed by atoms with Crippen LogP contribution in [0.25, 0.3) is 0 Å². The number of hydrogen-bond donors (Lipinski definition) is 3. The second-order valence-electron chi connectivity index (χ2n) is 8.56. The SMILES string of the molecule is CCCCC1(CC)CS(O)(O)c2cc(OS(=O)(=O)C(F)(F)F)c(OC)cc2C(c2ccccc2)N1. The van der Waals surface area contributed by atoms with E-state index >= 15 is 0 Å². The van der Waals surface area contributed by atoms with Gasteiger partial charge in [0, 0.05) is 17.2 Å². The first-order valence-corrected chi connectivity index (χ1v) is 14.2. The van der Waals surface area contributed by atoms with Crippen LogP contribution < -0.4 is 14.2 Å². The van der Waals surface area contributed by atoms with E-state index < -0.39 is 43.5 Å². The van der Waals surface area contributed by atoms with Crippen molar-refractivity contribution in [2.75, 3.05) is 12.9 Å². The molecule has 2 unspecified atom stereocenters. The van der Waals surface area contributed by atoms with E-state index in [0.717, 1.165) is 31.6 Å². The lowest BCUT2D eigenvalue weighted by Gasteiger charge is -2.42. The molecule has 35 heavy (non-hydrogen) atoms. The van der Waals surface area contributed by atoms with Crippen molar-refractivity contribution in [1.29, 1.82) is 0 Å². The molecule has 3 N–H and O–H groups in total. The van der Waals surface area contributed by atoms with Gasteiger partial charge in [0.2, 0.25) is 0 Å². The highest BCUT2D eigenvalue weighted by molar-refractivity contribution is 8.24. The summed E-state index contributed by atoms with van der Waals surface area (Å²) in [6.45, 7) is 3.96. The van der Waals surface area contributed by atoms with E-state index in [1.54, 1.807) is 0 Å². The number of unbranched alkanes of at least 4 members (excludes halogenated alkanes) is 1. The minimum Gasteiger partial charge on any atom is -0.493 e. The van der Waals surface area contributed by atoms with Crippen LogP contribution in [0.4, 0.5) is 13.2 Å². The summed E-state index contributed by atoms with van der Waals surface area (Å²) < 4.78 is 94.6. The number of ether oxygens (including phenoxy) is 1. The highest BCUT2D eigenvalue weighted by atomic mass is 32.3. The molecule has 2 atom stereocenters. The lowest BCUT2D eigenvalue weighted by molar-refractivity contribution is -0.0500. The van der Waals surface area contributed by atoms with Crippen LogP contribution >= 0.6 is 10.6 Å². The molecule has 0 aromatic heterocycles. The van der Waals surface area contributed by atoms with Gasteiger partial charge in [0.05, 0.1) is 23.8 Å². The standard InChI is InChI=1S/C23H30F3NO6S2/c1-4-6-12-22(5-2)15-34(28,29)20-14-19(33-35(30,31)23(24,25)26)18(32-3)13-17(20)21(27-22)16-10-8-7-9-11-16/h7-11,13-14,21,27-29H,4-6,12,15H2,1-3H3. The van der Waals surface area contributed by atoms with Gasteiger partial charge in [-0.1, -0.05) is 57.0 Å². The first kappa shape index (κ1) is 27.6. The minimum atomic E-state index is -6.01. The van der Waals surface area contributed by atoms with E-state index in [4.69, 9.17) is 4.74 Å². The first-order chi connectivity index (χ1) is 16.3. The van der Waals surface area contributed by atoms with Crippen molar-refractivity contribution in [2.24, 2.45) is 0 Å². The lowest BCUT2D eigenvalue weighted by Crippen LogP contribution is -2.49. The average Bonchev–Trinajstić information content (AvgIpc) is 2.89. The number of hydrogen-bond acceptors (Lipinski definition) is 7. The normalized spacial score (nSPS) is 23.1. The number of fused-ring (bicyclic) bond motifs is 1. The Bertz CT molecular complexity index is 1140. The Kier molecular flexibility index (Phi) is 8.02. The zero-order chi connectivity index (χ0) is 26.1. The molecular weight excluding hydrogens is 507 g/mol. The van der Waals surface area contributed by atoms with Gasteiger partial charge in [-0.3, -0.25) is 14.4 Å². The molecule has 0 aliphatic carbocycles. The Labute approximate surface area is 205 Å². The predicted molar refractivity (Wildman–Crippen MR) is 129 cm³/mol. The molecule has 2 aromatic carbocycles. The Morgan fingerprint density at radius 2 is 1.80 bits per heavy atom. The number of alkyl halides is 3. The summed E-state index contributed by atoms with van der Waals surface area (Å²) in [5.41, 5.74) is -5.21. The molecule has 0 amide bonds. The van der Waals surface area contributed by atoms with Gasteiger partial charge in [0.15, 0.2) is 11.5 Å². The van der Waals surface area contributed by atoms with Crippen LogP contribution in [0.1, 0.15) is 56.7 Å². The van der Waals surface area contributed by atoms with Crippen LogP contribution in [-0.2, 0) is 10.1 Å². The molecule has 0 saturated carbocycles. The van der Waals surface area contributed by atoms with Crippen molar-refractivity contribution < 1.29 is 39.6 Å². The lowest BCUT2D eigenvalue weighted by atomic mass is 9.88. The third-order valence-corrected chi connectivity index (χ3v) is 9.17. The van der Waals surface area contributed by atoms with E-state index in [2.05, 4.69) is 9.50 Å². The van der Waals surface area contributed by atoms with Crippen molar-refractivity contribution in [3.05, 3.63) is 53.6 Å². The topological polar surface area (TPSA) is 105 Å². The van der Waals surface area contributed by atoms with Crippen molar-refractivity contribution in [3.8, 4) is 11.5 Å². The van der Waals surface area contributed by atoms with E-state index in [9.17, 15) is 30.7 Å². The summed E-state index contributed by atoms with van der Waals surface area (Å²) in [7, 11) is -8.43. The van der Waals surface area contributed by atoms with Crippen molar-refractivity contribution in [2.45, 2.75) is 61.5 Å². The van der Waals surface area contributed by atoms with E-state index in [1.165, 1.54) is 6.07 Å². The third kappa shape index (κ3) is 5.72. The molecular formula is C23H30F3NO6S2. The monoisotopic (exact) mass is 537 g/mol. The van der Waals surface area contributed by atoms with Crippen LogP contribution in [0.2, 0.25) is 0 Å². The number of halogens is 3. The van der Waals surface area contributed by atoms with Gasteiger partial charge in [0.1, 0.15) is 0 Å². The van der Waals surface area contributed by atoms with E-state index in [1.807, 2.05) is 44.2 Å². The van der Waals surface area contributed by atoms with E-state index in [-0.39, 0.29) is 16.4 Å². The summed E-state index contributed by atoms with van der Waals surface area (Å²) >= 11 is 0. The fourth-order valence-electron chi connectivity index (χ4n) is 4.29. The fraction of sp³-hybridized carbons (Fsp3) is 0.478. The molecule has 0 radical (unpaired) electrons. The Hall–Kier alpha value is -1.99. The van der Waals surface area contributed by atoms with Crippen LogP contribution in [0.5, 0.6) is 11.5 Å². The summed E-state index contributed by atoms with van der Waals surface area (Å²) in [5, 5.41) is 3.59. The summed E-state index contributed by atoms with van der Waals surface area (Å²) in [6.07, 6.45) is 2.89. The molecule has 0 spiro atoms. The summed E-state index contributed by atoms with van der Waals surface area (Å²) in [6, 6.07) is 10.9. The maximum absolute atomic E-state index is 13.0. The molecule has 0 saturated heterocycles. The van der Waals surface area contributed by atoms with Gasteiger partial charge >= 0.3 is 15.6 Å². The second kappa shape index (κ2) is 10.2. The number of methoxy groups -OCH3 is 1. The van der Waals surface area contributed by atoms with Crippen LogP contribution in [0.3, 0.4) is 0 Å². The molecule has 1 heterocycles. The highest BCUT2D eigenvalue weighted by Gasteiger charge is 2.49. The molecule has 1 aliphatic heterocycles. The number of rotatable bonds is 8. The van der Waals surface area contributed by atoms with E-state index in [0.29, 0.717) is 18.4 Å². The van der Waals surface area contributed by atoms with Crippen LogP contribution in [0, 0.1) is 0 Å². The Balaban J connectivity index is 2.26. The Morgan fingerprint density at radius 3 is 2.34 bits per heavy atom. The molecule has 0 fully saturated rings. The van der Waals surface area contributed by atoms with Crippen LogP contribution in [-0.4, -0.2) is 41.4 Å². The molecule has 12 heteroatoms. The van der Waals surface area contributed by atoms with Gasteiger partial charge < -0.3 is 8.92 Å². The third-order valence-electron chi connectivity index (χ3n) is 6.19. The van der Waals surface area contributed by atoms with Gasteiger partial charge in [-0.25, -0.2) is 0 Å². The molecule has 3 rings (SSSR count). The van der Waals surface area contributed by atoms with Crippen LogP contribution in [0.15, 0.2) is 47.4 Å². The molecule has 7 nitrogen and oxygen atoms in total. The Morgan fingerprint density at radius 1 is 1.14 bits per heavy atom. The van der Waals surface area contributed by atoms with Crippen molar-refractivity contribution in [1.82, 2.24) is 5.32 Å². The smallest absolute Gasteiger partial charge is 0.493 e. The fourth-order valence-corrected chi connectivity index (χ4v) is 6.96. The average molecular weight is 538 g/mol. The molecule has 0 bridgehead atoms. The highest BCUT2D eigenvalue weighted by Crippen LogP contribution is 2.59. The maximum Gasteiger partial charge on any atom is 0.534 e. The second-order valence-corrected chi connectivity index (χ2v) is 12.2. The minimum absolute atomic E-state index is 0.0844. The van der Waals surface area contributed by atoms with Gasteiger partial charge in [0.25, 0.3) is 0 Å². The summed E-state index contributed by atoms with van der Waals surface area (Å²) in [4.78, 5) is -0.0844. The maximum atomic E-state index is 13.0. The summed E-state index contributed by atoms with van der Waals surface area (Å²) in [5.74, 6) is -1.15. The predicted octanol–water partition coefficient (Wildman–Crippen LogP) is 6.06. The quantitative estimate of drug-likeness (QED) is 0.277. The molecule has 1 aliphatic rings. The number of nitrogens with one attached hydrogen (secondary N) is 1. The van der Waals surface area contributed by atoms with Crippen molar-refractivity contribution >= 4 is 20.7 Å². The zero-order valence-electron chi connectivity index (χ0n) is 19.6. The van der Waals surface area contributed by atoms with Gasteiger partial charge in [-0.05, 0) is 24.5 Å². The molecule has 196 valence electrons. The number of benzene rings is 2. The first-order valence-electron chi connectivity index (χ1n) is 11.1. The largest absolute Gasteiger partial charge is 0.534 e. The van der Waals surface area contributed by atoms with Gasteiger partial charge in [-0.2, -0.15) is 32.2 Å².